The maximum Gasteiger partial charge on any atom is 0.191 e. The molecule has 0 bridgehead atoms. The molecular formula is C21H27ClFN5O2. The van der Waals surface area contributed by atoms with E-state index in [-0.39, 0.29) is 11.9 Å². The predicted molar refractivity (Wildman–Crippen MR) is 117 cm³/mol. The number of nitrogens with zero attached hydrogens (tertiary/aromatic N) is 3. The average Bonchev–Trinajstić information content (AvgIpc) is 3.21. The van der Waals surface area contributed by atoms with Gasteiger partial charge in [0.2, 0.25) is 0 Å². The van der Waals surface area contributed by atoms with Gasteiger partial charge in [-0.2, -0.15) is 0 Å². The van der Waals surface area contributed by atoms with Gasteiger partial charge < -0.3 is 25.0 Å². The maximum absolute atomic E-state index is 14.0. The van der Waals surface area contributed by atoms with Crippen LogP contribution < -0.4 is 25.0 Å². The largest absolute Gasteiger partial charge is 0.493 e. The first-order valence-electron chi connectivity index (χ1n) is 9.87. The second-order valence-electron chi connectivity index (χ2n) is 6.85. The lowest BCUT2D eigenvalue weighted by Crippen LogP contribution is -2.44. The van der Waals surface area contributed by atoms with Crippen LogP contribution in [0.1, 0.15) is 18.9 Å². The molecule has 2 aromatic rings. The van der Waals surface area contributed by atoms with Crippen molar-refractivity contribution in [1.82, 2.24) is 15.6 Å². The standard InChI is InChI=1S/C21H27ClFN5O2/c1-4-30-19-16(22)10-14(11-18(19)29-3)12-26-21(24-2)27-15-7-9-28(13-15)20-17(23)6-5-8-25-20/h5-6,8,10-11,15H,4,7,9,12-13H2,1-3H3,(H2,24,26,27). The van der Waals surface area contributed by atoms with E-state index in [0.29, 0.717) is 48.0 Å². The predicted octanol–water partition coefficient (Wildman–Crippen LogP) is 3.23. The van der Waals surface area contributed by atoms with Crippen LogP contribution in [0.15, 0.2) is 35.5 Å². The Bertz CT molecular complexity index is 896. The molecular weight excluding hydrogens is 409 g/mol. The zero-order chi connectivity index (χ0) is 21.5. The van der Waals surface area contributed by atoms with E-state index in [4.69, 9.17) is 21.1 Å². The fraction of sp³-hybridized carbons (Fsp3) is 0.429. The molecule has 162 valence electrons. The molecule has 3 rings (SSSR count). The minimum Gasteiger partial charge on any atom is -0.493 e. The highest BCUT2D eigenvalue weighted by molar-refractivity contribution is 6.32. The molecule has 0 amide bonds. The smallest absolute Gasteiger partial charge is 0.191 e. The zero-order valence-corrected chi connectivity index (χ0v) is 18.2. The lowest BCUT2D eigenvalue weighted by molar-refractivity contribution is 0.311. The van der Waals surface area contributed by atoms with Gasteiger partial charge in [0, 0.05) is 38.9 Å². The van der Waals surface area contributed by atoms with Crippen LogP contribution in [0.3, 0.4) is 0 Å². The molecule has 0 radical (unpaired) electrons. The van der Waals surface area contributed by atoms with Crippen molar-refractivity contribution in [2.45, 2.75) is 25.9 Å². The van der Waals surface area contributed by atoms with Gasteiger partial charge in [-0.1, -0.05) is 11.6 Å². The number of nitrogens with one attached hydrogen (secondary N) is 2. The number of benzene rings is 1. The number of pyridine rings is 1. The fourth-order valence-corrected chi connectivity index (χ4v) is 3.70. The SMILES string of the molecule is CCOc1c(Cl)cc(CNC(=NC)NC2CCN(c3ncccc3F)C2)cc1OC. The van der Waals surface area contributed by atoms with Crippen LogP contribution in [-0.2, 0) is 6.54 Å². The van der Waals surface area contributed by atoms with Crippen molar-refractivity contribution in [3.63, 3.8) is 0 Å². The summed E-state index contributed by atoms with van der Waals surface area (Å²) < 4.78 is 24.9. The third-order valence-corrected chi connectivity index (χ3v) is 5.11. The highest BCUT2D eigenvalue weighted by atomic mass is 35.5. The molecule has 0 saturated carbocycles. The second-order valence-corrected chi connectivity index (χ2v) is 7.26. The Morgan fingerprint density at radius 2 is 2.27 bits per heavy atom. The summed E-state index contributed by atoms with van der Waals surface area (Å²) in [5, 5.41) is 7.17. The molecule has 0 aliphatic carbocycles. The highest BCUT2D eigenvalue weighted by Gasteiger charge is 2.26. The molecule has 2 heterocycles. The molecule has 1 aliphatic heterocycles. The quantitative estimate of drug-likeness (QED) is 0.514. The molecule has 1 aromatic heterocycles. The summed E-state index contributed by atoms with van der Waals surface area (Å²) in [6.07, 6.45) is 2.47. The van der Waals surface area contributed by atoms with E-state index in [2.05, 4.69) is 20.6 Å². The van der Waals surface area contributed by atoms with E-state index < -0.39 is 0 Å². The van der Waals surface area contributed by atoms with E-state index in [1.165, 1.54) is 6.07 Å². The fourth-order valence-electron chi connectivity index (χ4n) is 3.41. The summed E-state index contributed by atoms with van der Waals surface area (Å²) in [6, 6.07) is 6.89. The van der Waals surface area contributed by atoms with Gasteiger partial charge in [0.15, 0.2) is 29.1 Å². The monoisotopic (exact) mass is 435 g/mol. The Kier molecular flexibility index (Phi) is 7.57. The first-order chi connectivity index (χ1) is 14.5. The number of guanidine groups is 1. The summed E-state index contributed by atoms with van der Waals surface area (Å²) in [7, 11) is 3.30. The van der Waals surface area contributed by atoms with Crippen LogP contribution in [-0.4, -0.2) is 50.8 Å². The number of hydrogen-bond donors (Lipinski definition) is 2. The number of aliphatic imine (C=N–C) groups is 1. The third-order valence-electron chi connectivity index (χ3n) is 4.83. The second kappa shape index (κ2) is 10.3. The van der Waals surface area contributed by atoms with Crippen LogP contribution in [0.5, 0.6) is 11.5 Å². The number of hydrogen-bond acceptors (Lipinski definition) is 5. The number of halogens is 2. The van der Waals surface area contributed by atoms with Gasteiger partial charge in [-0.25, -0.2) is 9.37 Å². The summed E-state index contributed by atoms with van der Waals surface area (Å²) in [6.45, 7) is 4.29. The highest BCUT2D eigenvalue weighted by Crippen LogP contribution is 2.36. The van der Waals surface area contributed by atoms with Gasteiger partial charge in [0.05, 0.1) is 18.7 Å². The normalized spacial score (nSPS) is 16.5. The molecule has 2 N–H and O–H groups in total. The van der Waals surface area contributed by atoms with Crippen LogP contribution in [0.2, 0.25) is 5.02 Å². The molecule has 1 aromatic carbocycles. The third kappa shape index (κ3) is 5.24. The van der Waals surface area contributed by atoms with Gasteiger partial charge in [-0.15, -0.1) is 0 Å². The molecule has 9 heteroatoms. The molecule has 1 saturated heterocycles. The minimum absolute atomic E-state index is 0.135. The van der Waals surface area contributed by atoms with Crippen molar-refractivity contribution >= 4 is 23.4 Å². The van der Waals surface area contributed by atoms with Crippen molar-refractivity contribution in [3.05, 3.63) is 46.9 Å². The van der Waals surface area contributed by atoms with Crippen molar-refractivity contribution in [3.8, 4) is 11.5 Å². The van der Waals surface area contributed by atoms with Crippen LogP contribution >= 0.6 is 11.6 Å². The van der Waals surface area contributed by atoms with E-state index in [0.717, 1.165) is 18.5 Å². The summed E-state index contributed by atoms with van der Waals surface area (Å²) in [4.78, 5) is 10.4. The summed E-state index contributed by atoms with van der Waals surface area (Å²) in [5.41, 5.74) is 0.937. The van der Waals surface area contributed by atoms with Crippen LogP contribution in [0.25, 0.3) is 0 Å². The van der Waals surface area contributed by atoms with Crippen molar-refractivity contribution < 1.29 is 13.9 Å². The Morgan fingerprint density at radius 1 is 1.43 bits per heavy atom. The molecule has 1 fully saturated rings. The lowest BCUT2D eigenvalue weighted by Gasteiger charge is -2.20. The molecule has 1 unspecified atom stereocenters. The van der Waals surface area contributed by atoms with Crippen LogP contribution in [0, 0.1) is 5.82 Å². The number of ether oxygens (including phenoxy) is 2. The lowest BCUT2D eigenvalue weighted by atomic mass is 10.2. The van der Waals surface area contributed by atoms with Gasteiger partial charge in [-0.05, 0) is 43.2 Å². The molecule has 1 atom stereocenters. The van der Waals surface area contributed by atoms with E-state index in [1.54, 1.807) is 26.4 Å². The summed E-state index contributed by atoms with van der Waals surface area (Å²) >= 11 is 6.35. The van der Waals surface area contributed by atoms with Gasteiger partial charge >= 0.3 is 0 Å². The van der Waals surface area contributed by atoms with Crippen molar-refractivity contribution in [1.29, 1.82) is 0 Å². The van der Waals surface area contributed by atoms with Gasteiger partial charge in [-0.3, -0.25) is 4.99 Å². The van der Waals surface area contributed by atoms with Crippen molar-refractivity contribution in [2.75, 3.05) is 38.8 Å². The molecule has 30 heavy (non-hydrogen) atoms. The topological polar surface area (TPSA) is 71.0 Å². The first-order valence-corrected chi connectivity index (χ1v) is 10.2. The number of anilines is 1. The maximum atomic E-state index is 14.0. The Labute approximate surface area is 181 Å². The van der Waals surface area contributed by atoms with Crippen molar-refractivity contribution in [2.24, 2.45) is 4.99 Å². The van der Waals surface area contributed by atoms with Crippen LogP contribution in [0.4, 0.5) is 10.2 Å². The number of rotatable bonds is 7. The van der Waals surface area contributed by atoms with E-state index in [1.807, 2.05) is 24.0 Å². The van der Waals surface area contributed by atoms with Gasteiger partial charge in [0.25, 0.3) is 0 Å². The Hall–Kier alpha value is -2.74. The summed E-state index contributed by atoms with van der Waals surface area (Å²) in [5.74, 6) is 1.88. The molecule has 1 aliphatic rings. The first kappa shape index (κ1) is 22.0. The zero-order valence-electron chi connectivity index (χ0n) is 17.4. The molecule has 0 spiro atoms. The van der Waals surface area contributed by atoms with E-state index in [9.17, 15) is 4.39 Å². The Balaban J connectivity index is 1.58. The van der Waals surface area contributed by atoms with E-state index >= 15 is 0 Å². The number of aromatic nitrogens is 1. The van der Waals surface area contributed by atoms with Gasteiger partial charge in [0.1, 0.15) is 0 Å². The minimum atomic E-state index is -0.304. The Morgan fingerprint density at radius 3 is 2.97 bits per heavy atom. The number of methoxy groups -OCH3 is 1. The average molecular weight is 436 g/mol. The molecule has 7 nitrogen and oxygen atoms in total.